The Kier molecular flexibility index (Phi) is 9.34. The summed E-state index contributed by atoms with van der Waals surface area (Å²) in [5.41, 5.74) is 11.4. The van der Waals surface area contributed by atoms with Gasteiger partial charge in [0.25, 0.3) is 0 Å². The van der Waals surface area contributed by atoms with Crippen molar-refractivity contribution in [2.24, 2.45) is 0 Å². The molecule has 0 spiro atoms. The third-order valence-corrected chi connectivity index (χ3v) is 8.23. The van der Waals surface area contributed by atoms with Gasteiger partial charge in [0.05, 0.1) is 0 Å². The topological polar surface area (TPSA) is 6.48 Å². The van der Waals surface area contributed by atoms with Crippen LogP contribution in [-0.4, -0.2) is 0 Å². The molecule has 2 heteroatoms. The van der Waals surface area contributed by atoms with Crippen molar-refractivity contribution < 1.29 is 0 Å². The number of hydrogen-bond acceptors (Lipinski definition) is 2. The molecule has 0 heterocycles. The van der Waals surface area contributed by atoms with Gasteiger partial charge in [-0.25, -0.2) is 0 Å². The zero-order chi connectivity index (χ0) is 32.4. The molecule has 0 bridgehead atoms. The van der Waals surface area contributed by atoms with E-state index in [4.69, 9.17) is 0 Å². The van der Waals surface area contributed by atoms with Gasteiger partial charge in [0, 0.05) is 34.1 Å². The van der Waals surface area contributed by atoms with Crippen LogP contribution in [0.25, 0.3) is 24.3 Å². The molecule has 0 unspecified atom stereocenters. The number of rotatable bonds is 10. The normalized spacial score (nSPS) is 11.2. The van der Waals surface area contributed by atoms with Gasteiger partial charge in [0.2, 0.25) is 0 Å². The average molecular weight is 617 g/mol. The Balaban J connectivity index is 1.01. The highest BCUT2D eigenvalue weighted by Crippen LogP contribution is 2.35. The van der Waals surface area contributed by atoms with Crippen molar-refractivity contribution in [2.45, 2.75) is 0 Å². The molecule has 0 aliphatic heterocycles. The molecule has 0 aliphatic carbocycles. The number of para-hydroxylation sites is 4. The zero-order valence-corrected chi connectivity index (χ0v) is 26.7. The Labute approximate surface area is 283 Å². The number of anilines is 6. The van der Waals surface area contributed by atoms with E-state index in [-0.39, 0.29) is 0 Å². The number of hydrogen-bond donors (Lipinski definition) is 0. The highest BCUT2D eigenvalue weighted by molar-refractivity contribution is 5.80. The lowest BCUT2D eigenvalue weighted by atomic mass is 10.1. The van der Waals surface area contributed by atoms with Crippen molar-refractivity contribution in [3.63, 3.8) is 0 Å². The third-order valence-electron chi connectivity index (χ3n) is 8.23. The van der Waals surface area contributed by atoms with E-state index in [2.05, 4.69) is 228 Å². The molecule has 7 aromatic rings. The van der Waals surface area contributed by atoms with Crippen LogP contribution in [0.15, 0.2) is 194 Å². The molecule has 0 aromatic heterocycles. The van der Waals surface area contributed by atoms with Crippen LogP contribution in [0.3, 0.4) is 0 Å². The SMILES string of the molecule is C(=Cc1ccc(N(c2ccccc2)c2ccccc2)cc1)c1ccc(/C=C\c2ccc(N(c3ccccc3)c3ccccc3)cc2)cc1. The molecule has 48 heavy (non-hydrogen) atoms. The van der Waals surface area contributed by atoms with Crippen LogP contribution in [0.1, 0.15) is 22.3 Å². The highest BCUT2D eigenvalue weighted by Gasteiger charge is 2.12. The lowest BCUT2D eigenvalue weighted by molar-refractivity contribution is 1.28. The fraction of sp³-hybridized carbons (Fsp3) is 0. The first-order valence-electron chi connectivity index (χ1n) is 16.3. The molecule has 2 nitrogen and oxygen atoms in total. The molecule has 0 aliphatic rings. The number of nitrogens with zero attached hydrogens (tertiary/aromatic N) is 2. The predicted octanol–water partition coefficient (Wildman–Crippen LogP) is 13.0. The zero-order valence-electron chi connectivity index (χ0n) is 26.7. The van der Waals surface area contributed by atoms with E-state index in [0.29, 0.717) is 0 Å². The Morgan fingerprint density at radius 1 is 0.208 bits per heavy atom. The monoisotopic (exact) mass is 616 g/mol. The van der Waals surface area contributed by atoms with Crippen molar-refractivity contribution in [3.05, 3.63) is 216 Å². The van der Waals surface area contributed by atoms with E-state index in [0.717, 1.165) is 56.4 Å². The Morgan fingerprint density at radius 3 is 0.625 bits per heavy atom. The highest BCUT2D eigenvalue weighted by atomic mass is 15.1. The van der Waals surface area contributed by atoms with Gasteiger partial charge in [0.1, 0.15) is 0 Å². The molecule has 7 aromatic carbocycles. The van der Waals surface area contributed by atoms with Crippen LogP contribution in [-0.2, 0) is 0 Å². The summed E-state index contributed by atoms with van der Waals surface area (Å²) < 4.78 is 0. The van der Waals surface area contributed by atoms with Crippen molar-refractivity contribution in [3.8, 4) is 0 Å². The fourth-order valence-electron chi connectivity index (χ4n) is 5.77. The molecule has 0 saturated heterocycles. The van der Waals surface area contributed by atoms with E-state index in [1.54, 1.807) is 0 Å². The summed E-state index contributed by atoms with van der Waals surface area (Å²) in [6, 6.07) is 68.0. The smallest absolute Gasteiger partial charge is 0.0462 e. The Hall–Kier alpha value is -6.38. The predicted molar refractivity (Wildman–Crippen MR) is 207 cm³/mol. The molecule has 230 valence electrons. The van der Waals surface area contributed by atoms with Crippen LogP contribution in [0.2, 0.25) is 0 Å². The Morgan fingerprint density at radius 2 is 0.396 bits per heavy atom. The summed E-state index contributed by atoms with van der Waals surface area (Å²) in [6.45, 7) is 0. The Bertz CT molecular complexity index is 1830. The molecule has 0 N–H and O–H groups in total. The minimum atomic E-state index is 1.13. The fourth-order valence-corrected chi connectivity index (χ4v) is 5.77. The van der Waals surface area contributed by atoms with Crippen LogP contribution >= 0.6 is 0 Å². The molecule has 0 radical (unpaired) electrons. The standard InChI is InChI=1S/C46H36N2/c1-5-13-41(14-6-1)47(42-15-7-2-8-16-42)45-33-29-39(30-34-45)27-25-37-21-23-38(24-22-37)26-28-40-31-35-46(36-32-40)48(43-17-9-3-10-18-43)44-19-11-4-12-20-44/h1-36H/b27-25-,28-26?. The van der Waals surface area contributed by atoms with Gasteiger partial charge >= 0.3 is 0 Å². The van der Waals surface area contributed by atoms with Crippen molar-refractivity contribution in [1.29, 1.82) is 0 Å². The molecular weight excluding hydrogens is 581 g/mol. The van der Waals surface area contributed by atoms with E-state index in [9.17, 15) is 0 Å². The first-order chi connectivity index (χ1) is 23.8. The van der Waals surface area contributed by atoms with Crippen molar-refractivity contribution >= 4 is 58.4 Å². The van der Waals surface area contributed by atoms with Gasteiger partial charge in [-0.1, -0.05) is 146 Å². The second-order valence-electron chi connectivity index (χ2n) is 11.5. The first-order valence-corrected chi connectivity index (χ1v) is 16.3. The molecule has 0 atom stereocenters. The quantitative estimate of drug-likeness (QED) is 0.141. The molecule has 7 rings (SSSR count). The summed E-state index contributed by atoms with van der Waals surface area (Å²) in [7, 11) is 0. The summed E-state index contributed by atoms with van der Waals surface area (Å²) in [6.07, 6.45) is 8.66. The summed E-state index contributed by atoms with van der Waals surface area (Å²) in [5.74, 6) is 0. The van der Waals surface area contributed by atoms with Crippen LogP contribution < -0.4 is 9.80 Å². The maximum absolute atomic E-state index is 2.28. The first kappa shape index (κ1) is 30.3. The molecule has 0 fully saturated rings. The lowest BCUT2D eigenvalue weighted by Crippen LogP contribution is -2.09. The van der Waals surface area contributed by atoms with E-state index in [1.165, 1.54) is 0 Å². The van der Waals surface area contributed by atoms with Crippen molar-refractivity contribution in [1.82, 2.24) is 0 Å². The summed E-state index contributed by atoms with van der Waals surface area (Å²) >= 11 is 0. The summed E-state index contributed by atoms with van der Waals surface area (Å²) in [5, 5.41) is 0. The molecular formula is C46H36N2. The van der Waals surface area contributed by atoms with E-state index in [1.807, 2.05) is 0 Å². The van der Waals surface area contributed by atoms with Crippen molar-refractivity contribution in [2.75, 3.05) is 9.80 Å². The lowest BCUT2D eigenvalue weighted by Gasteiger charge is -2.25. The molecule has 0 amide bonds. The van der Waals surface area contributed by atoms with Gasteiger partial charge in [-0.3, -0.25) is 0 Å². The number of benzene rings is 7. The largest absolute Gasteiger partial charge is 0.311 e. The second kappa shape index (κ2) is 14.8. The molecule has 0 saturated carbocycles. The van der Waals surface area contributed by atoms with Crippen LogP contribution in [0, 0.1) is 0 Å². The van der Waals surface area contributed by atoms with Gasteiger partial charge in [0.15, 0.2) is 0 Å². The van der Waals surface area contributed by atoms with Gasteiger partial charge < -0.3 is 9.80 Å². The minimum Gasteiger partial charge on any atom is -0.311 e. The van der Waals surface area contributed by atoms with E-state index >= 15 is 0 Å². The maximum atomic E-state index is 2.28. The summed E-state index contributed by atoms with van der Waals surface area (Å²) in [4.78, 5) is 4.55. The van der Waals surface area contributed by atoms with E-state index < -0.39 is 0 Å². The maximum Gasteiger partial charge on any atom is 0.0462 e. The average Bonchev–Trinajstić information content (AvgIpc) is 3.17. The second-order valence-corrected chi connectivity index (χ2v) is 11.5. The van der Waals surface area contributed by atoms with Crippen LogP contribution in [0.5, 0.6) is 0 Å². The van der Waals surface area contributed by atoms with Crippen LogP contribution in [0.4, 0.5) is 34.1 Å². The van der Waals surface area contributed by atoms with Gasteiger partial charge in [-0.2, -0.15) is 0 Å². The van der Waals surface area contributed by atoms with Gasteiger partial charge in [-0.15, -0.1) is 0 Å². The third kappa shape index (κ3) is 7.36. The minimum absolute atomic E-state index is 1.13. The van der Waals surface area contributed by atoms with Gasteiger partial charge in [-0.05, 0) is 95.1 Å².